The van der Waals surface area contributed by atoms with Crippen LogP contribution in [0.5, 0.6) is 0 Å². The topological polar surface area (TPSA) is 113 Å². The van der Waals surface area contributed by atoms with Gasteiger partial charge in [-0.1, -0.05) is 13.8 Å². The SMILES string of the molecule is CC1CC(C)CN(C(=O)CN2CCN(c3ccc([N+](=O)[O-])cc3[N+](=O)[O-])CC2)C1. The van der Waals surface area contributed by atoms with Crippen LogP contribution in [0.3, 0.4) is 0 Å². The number of non-ortho nitro benzene ring substituents is 1. The second-order valence-electron chi connectivity index (χ2n) is 8.20. The molecule has 2 aliphatic rings. The molecule has 0 saturated carbocycles. The Morgan fingerprint density at radius 2 is 1.66 bits per heavy atom. The number of carbonyl (C=O) groups excluding carboxylic acids is 1. The molecule has 0 aliphatic carbocycles. The van der Waals surface area contributed by atoms with Crippen molar-refractivity contribution in [1.82, 2.24) is 9.80 Å². The van der Waals surface area contributed by atoms with E-state index in [9.17, 15) is 25.0 Å². The summed E-state index contributed by atoms with van der Waals surface area (Å²) in [5.41, 5.74) is -0.181. The number of amides is 1. The molecule has 0 radical (unpaired) electrons. The fourth-order valence-electron chi connectivity index (χ4n) is 4.34. The first-order chi connectivity index (χ1) is 13.7. The summed E-state index contributed by atoms with van der Waals surface area (Å²) in [5.74, 6) is 1.17. The van der Waals surface area contributed by atoms with Gasteiger partial charge in [-0.25, -0.2) is 0 Å². The van der Waals surface area contributed by atoms with E-state index in [1.165, 1.54) is 12.1 Å². The highest BCUT2D eigenvalue weighted by molar-refractivity contribution is 5.78. The van der Waals surface area contributed by atoms with Crippen molar-refractivity contribution in [2.75, 3.05) is 50.7 Å². The van der Waals surface area contributed by atoms with E-state index in [2.05, 4.69) is 18.7 Å². The Kier molecular flexibility index (Phi) is 6.31. The van der Waals surface area contributed by atoms with Crippen molar-refractivity contribution >= 4 is 23.0 Å². The van der Waals surface area contributed by atoms with Crippen LogP contribution in [0.15, 0.2) is 18.2 Å². The number of carbonyl (C=O) groups is 1. The number of nitrogens with zero attached hydrogens (tertiary/aromatic N) is 5. The van der Waals surface area contributed by atoms with Gasteiger partial charge in [0.05, 0.1) is 22.5 Å². The normalized spacial score (nSPS) is 23.1. The van der Waals surface area contributed by atoms with Gasteiger partial charge in [-0.15, -0.1) is 0 Å². The molecule has 2 atom stereocenters. The van der Waals surface area contributed by atoms with Crippen LogP contribution in [0.2, 0.25) is 0 Å². The highest BCUT2D eigenvalue weighted by Crippen LogP contribution is 2.32. The minimum atomic E-state index is -0.636. The van der Waals surface area contributed by atoms with Gasteiger partial charge in [0.25, 0.3) is 11.4 Å². The van der Waals surface area contributed by atoms with Crippen LogP contribution in [0, 0.1) is 32.1 Å². The van der Waals surface area contributed by atoms with Crippen LogP contribution >= 0.6 is 0 Å². The van der Waals surface area contributed by atoms with Crippen LogP contribution in [-0.4, -0.2) is 71.4 Å². The third-order valence-electron chi connectivity index (χ3n) is 5.66. The van der Waals surface area contributed by atoms with Gasteiger partial charge >= 0.3 is 0 Å². The maximum atomic E-state index is 12.7. The molecule has 10 heteroatoms. The Hall–Kier alpha value is -2.75. The zero-order chi connectivity index (χ0) is 21.1. The van der Waals surface area contributed by atoms with Gasteiger partial charge < -0.3 is 9.80 Å². The van der Waals surface area contributed by atoms with E-state index in [1.54, 1.807) is 0 Å². The Bertz CT molecular complexity index is 783. The van der Waals surface area contributed by atoms with Crippen molar-refractivity contribution in [3.8, 4) is 0 Å². The number of anilines is 1. The minimum Gasteiger partial charge on any atom is -0.363 e. The largest absolute Gasteiger partial charge is 0.363 e. The van der Waals surface area contributed by atoms with Crippen LogP contribution < -0.4 is 4.90 Å². The van der Waals surface area contributed by atoms with Gasteiger partial charge in [0.1, 0.15) is 5.69 Å². The number of piperidine rings is 1. The van der Waals surface area contributed by atoms with Crippen molar-refractivity contribution < 1.29 is 14.6 Å². The van der Waals surface area contributed by atoms with Gasteiger partial charge in [-0.05, 0) is 24.3 Å². The lowest BCUT2D eigenvalue weighted by molar-refractivity contribution is -0.393. The quantitative estimate of drug-likeness (QED) is 0.545. The summed E-state index contributed by atoms with van der Waals surface area (Å²) in [6.45, 7) is 8.58. The van der Waals surface area contributed by atoms with E-state index in [-0.39, 0.29) is 17.3 Å². The van der Waals surface area contributed by atoms with Crippen LogP contribution in [0.25, 0.3) is 0 Å². The molecule has 1 aromatic carbocycles. The molecule has 158 valence electrons. The van der Waals surface area contributed by atoms with Crippen molar-refractivity contribution in [2.24, 2.45) is 11.8 Å². The highest BCUT2D eigenvalue weighted by Gasteiger charge is 2.29. The van der Waals surface area contributed by atoms with Crippen molar-refractivity contribution in [2.45, 2.75) is 20.3 Å². The lowest BCUT2D eigenvalue weighted by Crippen LogP contribution is -2.52. The van der Waals surface area contributed by atoms with Crippen molar-refractivity contribution in [3.05, 3.63) is 38.4 Å². The smallest absolute Gasteiger partial charge is 0.299 e. The molecule has 10 nitrogen and oxygen atoms in total. The average Bonchev–Trinajstić information content (AvgIpc) is 2.67. The number of piperazine rings is 1. The lowest BCUT2D eigenvalue weighted by Gasteiger charge is -2.38. The molecule has 2 saturated heterocycles. The third kappa shape index (κ3) is 5.00. The average molecular weight is 405 g/mol. The predicted octanol–water partition coefficient (Wildman–Crippen LogP) is 2.13. The Morgan fingerprint density at radius 1 is 1.03 bits per heavy atom. The molecule has 0 bridgehead atoms. The molecule has 3 rings (SSSR count). The summed E-state index contributed by atoms with van der Waals surface area (Å²) < 4.78 is 0. The monoisotopic (exact) mass is 405 g/mol. The zero-order valence-corrected chi connectivity index (χ0v) is 16.8. The summed E-state index contributed by atoms with van der Waals surface area (Å²) in [4.78, 5) is 39.6. The third-order valence-corrected chi connectivity index (χ3v) is 5.66. The Labute approximate surface area is 169 Å². The van der Waals surface area contributed by atoms with E-state index in [1.807, 2.05) is 9.80 Å². The molecular formula is C19H27N5O5. The second kappa shape index (κ2) is 8.73. The van der Waals surface area contributed by atoms with Gasteiger partial charge in [0.15, 0.2) is 0 Å². The summed E-state index contributed by atoms with van der Waals surface area (Å²) in [6, 6.07) is 3.73. The fourth-order valence-corrected chi connectivity index (χ4v) is 4.34. The molecule has 2 heterocycles. The summed E-state index contributed by atoms with van der Waals surface area (Å²) in [6.07, 6.45) is 1.15. The van der Waals surface area contributed by atoms with E-state index in [4.69, 9.17) is 0 Å². The van der Waals surface area contributed by atoms with Gasteiger partial charge in [-0.2, -0.15) is 0 Å². The first-order valence-corrected chi connectivity index (χ1v) is 9.92. The number of likely N-dealkylation sites (tertiary alicyclic amines) is 1. The van der Waals surface area contributed by atoms with Crippen molar-refractivity contribution in [1.29, 1.82) is 0 Å². The predicted molar refractivity (Wildman–Crippen MR) is 108 cm³/mol. The van der Waals surface area contributed by atoms with Gasteiger partial charge in [0.2, 0.25) is 5.91 Å². The standard InChI is InChI=1S/C19H27N5O5/c1-14-9-15(2)12-22(11-14)19(25)13-20-5-7-21(8-6-20)17-4-3-16(23(26)27)10-18(17)24(28)29/h3-4,10,14-15H,5-9,11-13H2,1-2H3. The van der Waals surface area contributed by atoms with Crippen LogP contribution in [0.1, 0.15) is 20.3 Å². The van der Waals surface area contributed by atoms with E-state index >= 15 is 0 Å². The van der Waals surface area contributed by atoms with E-state index < -0.39 is 9.85 Å². The molecule has 2 fully saturated rings. The molecule has 1 amide bonds. The summed E-state index contributed by atoms with van der Waals surface area (Å²) >= 11 is 0. The first kappa shape index (κ1) is 21.0. The fraction of sp³-hybridized carbons (Fsp3) is 0.632. The molecule has 2 unspecified atom stereocenters. The maximum absolute atomic E-state index is 12.7. The first-order valence-electron chi connectivity index (χ1n) is 9.92. The molecule has 1 aromatic rings. The number of hydrogen-bond acceptors (Lipinski definition) is 7. The molecule has 0 aromatic heterocycles. The second-order valence-corrected chi connectivity index (χ2v) is 8.20. The number of rotatable bonds is 5. The molecule has 29 heavy (non-hydrogen) atoms. The number of nitro groups is 2. The van der Waals surface area contributed by atoms with E-state index in [0.717, 1.165) is 25.6 Å². The minimum absolute atomic E-state index is 0.137. The number of benzene rings is 1. The lowest BCUT2D eigenvalue weighted by atomic mass is 9.92. The molecule has 0 spiro atoms. The Balaban J connectivity index is 1.60. The molecular weight excluding hydrogens is 378 g/mol. The van der Waals surface area contributed by atoms with Crippen LogP contribution in [-0.2, 0) is 4.79 Å². The summed E-state index contributed by atoms with van der Waals surface area (Å²) in [7, 11) is 0. The van der Waals surface area contributed by atoms with Gasteiger partial charge in [0, 0.05) is 45.3 Å². The van der Waals surface area contributed by atoms with Crippen molar-refractivity contribution in [3.63, 3.8) is 0 Å². The summed E-state index contributed by atoms with van der Waals surface area (Å²) in [5, 5.41) is 22.3. The maximum Gasteiger partial charge on any atom is 0.299 e. The van der Waals surface area contributed by atoms with Gasteiger partial charge in [-0.3, -0.25) is 29.9 Å². The van der Waals surface area contributed by atoms with Crippen LogP contribution in [0.4, 0.5) is 17.1 Å². The highest BCUT2D eigenvalue weighted by atomic mass is 16.6. The molecule has 0 N–H and O–H groups in total. The number of hydrogen-bond donors (Lipinski definition) is 0. The Morgan fingerprint density at radius 3 is 2.21 bits per heavy atom. The van der Waals surface area contributed by atoms with E-state index in [0.29, 0.717) is 50.2 Å². The number of nitro benzene ring substituents is 2. The molecule has 2 aliphatic heterocycles. The zero-order valence-electron chi connectivity index (χ0n) is 16.8.